The molecule has 1 heterocycles. The Morgan fingerprint density at radius 1 is 1.11 bits per heavy atom. The van der Waals surface area contributed by atoms with Crippen molar-refractivity contribution < 1.29 is 9.47 Å². The van der Waals surface area contributed by atoms with Crippen LogP contribution in [0.5, 0.6) is 5.88 Å². The Hall–Kier alpha value is -1.88. The van der Waals surface area contributed by atoms with Gasteiger partial charge in [0.25, 0.3) is 0 Å². The molecule has 0 radical (unpaired) electrons. The summed E-state index contributed by atoms with van der Waals surface area (Å²) in [5.74, 6) is 1.15. The van der Waals surface area contributed by atoms with Crippen molar-refractivity contribution in [3.05, 3.63) is 24.3 Å². The Morgan fingerprint density at radius 2 is 1.95 bits per heavy atom. The van der Waals surface area contributed by atoms with Gasteiger partial charge in [0.05, 0.1) is 17.5 Å². The number of para-hydroxylation sites is 1. The van der Waals surface area contributed by atoms with Crippen LogP contribution < -0.4 is 10.1 Å². The first-order chi connectivity index (χ1) is 9.35. The third kappa shape index (κ3) is 3.54. The molecule has 0 aliphatic rings. The summed E-state index contributed by atoms with van der Waals surface area (Å²) in [6, 6.07) is 7.80. The molecule has 0 fully saturated rings. The van der Waals surface area contributed by atoms with Gasteiger partial charge in [-0.1, -0.05) is 19.1 Å². The van der Waals surface area contributed by atoms with E-state index in [1.54, 1.807) is 7.05 Å². The topological polar surface area (TPSA) is 56.3 Å². The Morgan fingerprint density at radius 3 is 2.74 bits per heavy atom. The van der Waals surface area contributed by atoms with Crippen LogP contribution in [0.3, 0.4) is 0 Å². The van der Waals surface area contributed by atoms with E-state index in [0.29, 0.717) is 25.0 Å². The highest BCUT2D eigenvalue weighted by molar-refractivity contribution is 5.84. The standard InChI is InChI=1S/C14H19N3O2/c1-3-8-18-9-10-19-13-11-6-4-5-7-12(11)16-14(15-2)17-13/h4-7H,3,8-10H2,1-2H3,(H,15,16,17). The van der Waals surface area contributed by atoms with Crippen molar-refractivity contribution in [2.24, 2.45) is 0 Å². The molecule has 0 amide bonds. The molecule has 0 saturated carbocycles. The summed E-state index contributed by atoms with van der Waals surface area (Å²) in [6.07, 6.45) is 1.01. The third-order valence-corrected chi connectivity index (χ3v) is 2.61. The van der Waals surface area contributed by atoms with Crippen molar-refractivity contribution in [2.45, 2.75) is 13.3 Å². The fourth-order valence-electron chi connectivity index (χ4n) is 1.71. The van der Waals surface area contributed by atoms with Crippen molar-refractivity contribution in [2.75, 3.05) is 32.2 Å². The molecule has 0 atom stereocenters. The molecule has 1 N–H and O–H groups in total. The number of fused-ring (bicyclic) bond motifs is 1. The number of nitrogens with zero attached hydrogens (tertiary/aromatic N) is 2. The molecular formula is C14H19N3O2. The molecule has 0 unspecified atom stereocenters. The maximum atomic E-state index is 5.69. The number of aromatic nitrogens is 2. The largest absolute Gasteiger partial charge is 0.475 e. The highest BCUT2D eigenvalue weighted by Crippen LogP contribution is 2.23. The van der Waals surface area contributed by atoms with Crippen molar-refractivity contribution in [3.8, 4) is 5.88 Å². The zero-order valence-electron chi connectivity index (χ0n) is 11.3. The number of ether oxygens (including phenoxy) is 2. The number of benzene rings is 1. The molecule has 1 aromatic carbocycles. The summed E-state index contributed by atoms with van der Waals surface area (Å²) < 4.78 is 11.1. The summed E-state index contributed by atoms with van der Waals surface area (Å²) >= 11 is 0. The SMILES string of the molecule is CCCOCCOc1nc(NC)nc2ccccc12. The van der Waals surface area contributed by atoms with Crippen molar-refractivity contribution >= 4 is 16.9 Å². The average molecular weight is 261 g/mol. The molecule has 0 bridgehead atoms. The smallest absolute Gasteiger partial charge is 0.226 e. The van der Waals surface area contributed by atoms with Gasteiger partial charge in [-0.15, -0.1) is 0 Å². The molecule has 5 nitrogen and oxygen atoms in total. The maximum Gasteiger partial charge on any atom is 0.226 e. The molecule has 0 spiro atoms. The van der Waals surface area contributed by atoms with E-state index in [2.05, 4.69) is 22.2 Å². The van der Waals surface area contributed by atoms with Gasteiger partial charge >= 0.3 is 0 Å². The lowest BCUT2D eigenvalue weighted by molar-refractivity contribution is 0.0996. The summed E-state index contributed by atoms with van der Waals surface area (Å²) in [5, 5.41) is 3.85. The van der Waals surface area contributed by atoms with E-state index in [-0.39, 0.29) is 0 Å². The first-order valence-electron chi connectivity index (χ1n) is 6.50. The first kappa shape index (κ1) is 13.5. The second-order valence-corrected chi connectivity index (χ2v) is 4.08. The van der Waals surface area contributed by atoms with Gasteiger partial charge in [0.1, 0.15) is 6.61 Å². The quantitative estimate of drug-likeness (QED) is 0.776. The van der Waals surface area contributed by atoms with Crippen LogP contribution >= 0.6 is 0 Å². The van der Waals surface area contributed by atoms with Crippen LogP contribution in [0.4, 0.5) is 5.95 Å². The summed E-state index contributed by atoms with van der Waals surface area (Å²) in [5.41, 5.74) is 0.867. The van der Waals surface area contributed by atoms with Gasteiger partial charge in [0.15, 0.2) is 0 Å². The van der Waals surface area contributed by atoms with Crippen LogP contribution in [-0.2, 0) is 4.74 Å². The lowest BCUT2D eigenvalue weighted by Crippen LogP contribution is -2.09. The van der Waals surface area contributed by atoms with Crippen LogP contribution in [0.15, 0.2) is 24.3 Å². The van der Waals surface area contributed by atoms with E-state index in [9.17, 15) is 0 Å². The number of nitrogens with one attached hydrogen (secondary N) is 1. The van der Waals surface area contributed by atoms with Crippen molar-refractivity contribution in [1.82, 2.24) is 9.97 Å². The van der Waals surface area contributed by atoms with Gasteiger partial charge in [-0.3, -0.25) is 0 Å². The van der Waals surface area contributed by atoms with E-state index in [1.165, 1.54) is 0 Å². The molecule has 0 aliphatic carbocycles. The minimum Gasteiger partial charge on any atom is -0.475 e. The fourth-order valence-corrected chi connectivity index (χ4v) is 1.71. The monoisotopic (exact) mass is 261 g/mol. The molecule has 5 heteroatoms. The number of hydrogen-bond donors (Lipinski definition) is 1. The molecule has 0 saturated heterocycles. The van der Waals surface area contributed by atoms with E-state index in [1.807, 2.05) is 24.3 Å². The Labute approximate surface area is 113 Å². The zero-order valence-corrected chi connectivity index (χ0v) is 11.3. The van der Waals surface area contributed by atoms with Crippen molar-refractivity contribution in [3.63, 3.8) is 0 Å². The highest BCUT2D eigenvalue weighted by atomic mass is 16.5. The fraction of sp³-hybridized carbons (Fsp3) is 0.429. The predicted molar refractivity (Wildman–Crippen MR) is 75.7 cm³/mol. The number of rotatable bonds is 7. The molecular weight excluding hydrogens is 242 g/mol. The molecule has 102 valence electrons. The minimum atomic E-state index is 0.490. The Kier molecular flexibility index (Phi) is 4.92. The summed E-state index contributed by atoms with van der Waals surface area (Å²) in [7, 11) is 1.79. The van der Waals surface area contributed by atoms with Gasteiger partial charge in [-0.2, -0.15) is 4.98 Å². The average Bonchev–Trinajstić information content (AvgIpc) is 2.46. The highest BCUT2D eigenvalue weighted by Gasteiger charge is 2.07. The van der Waals surface area contributed by atoms with Gasteiger partial charge < -0.3 is 14.8 Å². The van der Waals surface area contributed by atoms with Gasteiger partial charge in [0, 0.05) is 13.7 Å². The van der Waals surface area contributed by atoms with Gasteiger partial charge in [-0.05, 0) is 18.6 Å². The number of anilines is 1. The van der Waals surface area contributed by atoms with E-state index < -0.39 is 0 Å². The molecule has 2 rings (SSSR count). The zero-order chi connectivity index (χ0) is 13.5. The van der Waals surface area contributed by atoms with Crippen LogP contribution in [-0.4, -0.2) is 36.8 Å². The first-order valence-corrected chi connectivity index (χ1v) is 6.50. The van der Waals surface area contributed by atoms with E-state index in [0.717, 1.165) is 23.9 Å². The summed E-state index contributed by atoms with van der Waals surface area (Å²) in [6.45, 7) is 3.90. The van der Waals surface area contributed by atoms with Crippen molar-refractivity contribution in [1.29, 1.82) is 0 Å². The van der Waals surface area contributed by atoms with Crippen LogP contribution in [0.1, 0.15) is 13.3 Å². The minimum absolute atomic E-state index is 0.490. The van der Waals surface area contributed by atoms with Gasteiger partial charge in [0.2, 0.25) is 11.8 Å². The second-order valence-electron chi connectivity index (χ2n) is 4.08. The summed E-state index contributed by atoms with van der Waals surface area (Å²) in [4.78, 5) is 8.72. The lowest BCUT2D eigenvalue weighted by Gasteiger charge is -2.10. The normalized spacial score (nSPS) is 10.6. The van der Waals surface area contributed by atoms with E-state index >= 15 is 0 Å². The van der Waals surface area contributed by atoms with Crippen LogP contribution in [0.2, 0.25) is 0 Å². The van der Waals surface area contributed by atoms with E-state index in [4.69, 9.17) is 9.47 Å². The third-order valence-electron chi connectivity index (χ3n) is 2.61. The molecule has 0 aliphatic heterocycles. The second kappa shape index (κ2) is 6.89. The predicted octanol–water partition coefficient (Wildman–Crippen LogP) is 2.48. The van der Waals surface area contributed by atoms with Crippen LogP contribution in [0.25, 0.3) is 10.9 Å². The van der Waals surface area contributed by atoms with Gasteiger partial charge in [-0.25, -0.2) is 4.98 Å². The molecule has 2 aromatic rings. The molecule has 19 heavy (non-hydrogen) atoms. The Bertz CT molecular complexity index is 531. The van der Waals surface area contributed by atoms with Crippen LogP contribution in [0, 0.1) is 0 Å². The Balaban J connectivity index is 2.11. The lowest BCUT2D eigenvalue weighted by atomic mass is 10.2. The maximum absolute atomic E-state index is 5.69. The molecule has 1 aromatic heterocycles. The number of hydrogen-bond acceptors (Lipinski definition) is 5.